The van der Waals surface area contributed by atoms with Crippen LogP contribution >= 0.6 is 0 Å². The Kier molecular flexibility index (Phi) is 5.37. The van der Waals surface area contributed by atoms with E-state index in [9.17, 15) is 0 Å². The van der Waals surface area contributed by atoms with E-state index in [2.05, 4.69) is 26.0 Å². The van der Waals surface area contributed by atoms with E-state index >= 15 is 0 Å². The first-order valence-corrected chi connectivity index (χ1v) is 5.51. The van der Waals surface area contributed by atoms with Crippen LogP contribution in [0.2, 0.25) is 0 Å². The van der Waals surface area contributed by atoms with Gasteiger partial charge in [-0.25, -0.2) is 0 Å². The number of ether oxygens (including phenoxy) is 2. The van der Waals surface area contributed by atoms with Crippen molar-refractivity contribution in [2.45, 2.75) is 39.6 Å². The lowest BCUT2D eigenvalue weighted by atomic mass is 10.2. The number of hydrogen-bond donors (Lipinski definition) is 0. The van der Waals surface area contributed by atoms with Gasteiger partial charge < -0.3 is 9.47 Å². The van der Waals surface area contributed by atoms with Crippen molar-refractivity contribution >= 4 is 0 Å². The molecule has 15 heavy (non-hydrogen) atoms. The van der Waals surface area contributed by atoms with Gasteiger partial charge in [0.15, 0.2) is 6.29 Å². The minimum absolute atomic E-state index is 0.0277. The van der Waals surface area contributed by atoms with Crippen LogP contribution in [0.15, 0.2) is 30.3 Å². The van der Waals surface area contributed by atoms with Crippen molar-refractivity contribution in [1.29, 1.82) is 0 Å². The van der Waals surface area contributed by atoms with Gasteiger partial charge in [0, 0.05) is 0 Å². The number of rotatable bonds is 1. The molecular formula is C13H20O2. The van der Waals surface area contributed by atoms with E-state index in [-0.39, 0.29) is 6.29 Å². The first-order chi connectivity index (χ1) is 7.22. The smallest absolute Gasteiger partial charge is 0.155 e. The second kappa shape index (κ2) is 6.59. The Morgan fingerprint density at radius 2 is 1.93 bits per heavy atom. The summed E-state index contributed by atoms with van der Waals surface area (Å²) in [6, 6.07) is 10.3. The van der Waals surface area contributed by atoms with Crippen LogP contribution in [-0.2, 0) is 9.47 Å². The third-order valence-electron chi connectivity index (χ3n) is 2.30. The topological polar surface area (TPSA) is 18.5 Å². The Morgan fingerprint density at radius 3 is 2.20 bits per heavy atom. The van der Waals surface area contributed by atoms with Crippen molar-refractivity contribution in [2.75, 3.05) is 6.61 Å². The van der Waals surface area contributed by atoms with E-state index in [4.69, 9.17) is 9.47 Å². The summed E-state index contributed by atoms with van der Waals surface area (Å²) in [4.78, 5) is 0. The van der Waals surface area contributed by atoms with E-state index in [1.54, 1.807) is 0 Å². The molecule has 0 aromatic heterocycles. The lowest BCUT2D eigenvalue weighted by Crippen LogP contribution is -2.07. The van der Waals surface area contributed by atoms with Gasteiger partial charge in [-0.1, -0.05) is 42.8 Å². The third kappa shape index (κ3) is 4.96. The third-order valence-corrected chi connectivity index (χ3v) is 2.30. The molecule has 2 rings (SSSR count). The molecule has 1 aromatic carbocycles. The number of aryl methyl sites for hydroxylation is 1. The molecule has 2 unspecified atom stereocenters. The zero-order valence-electron chi connectivity index (χ0n) is 9.77. The van der Waals surface area contributed by atoms with Crippen LogP contribution in [-0.4, -0.2) is 19.0 Å². The Balaban J connectivity index is 0.000000151. The molecule has 1 aromatic rings. The molecular weight excluding hydrogens is 188 g/mol. The molecule has 0 spiro atoms. The van der Waals surface area contributed by atoms with Gasteiger partial charge in [0.05, 0.1) is 12.7 Å². The van der Waals surface area contributed by atoms with E-state index < -0.39 is 0 Å². The average molecular weight is 208 g/mol. The summed E-state index contributed by atoms with van der Waals surface area (Å²) < 4.78 is 10.4. The molecule has 2 nitrogen and oxygen atoms in total. The normalized spacial score (nSPS) is 24.5. The van der Waals surface area contributed by atoms with Crippen molar-refractivity contribution in [2.24, 2.45) is 0 Å². The molecule has 1 aliphatic rings. The largest absolute Gasteiger partial charge is 0.350 e. The van der Waals surface area contributed by atoms with Crippen LogP contribution in [0.4, 0.5) is 0 Å². The lowest BCUT2D eigenvalue weighted by molar-refractivity contribution is -0.0424. The number of hydrogen-bond acceptors (Lipinski definition) is 2. The molecule has 0 radical (unpaired) electrons. The predicted octanol–water partition coefficient (Wildman–Crippen LogP) is 3.15. The summed E-state index contributed by atoms with van der Waals surface area (Å²) in [7, 11) is 0. The molecule has 2 atom stereocenters. The fraction of sp³-hybridized carbons (Fsp3) is 0.538. The molecule has 0 bridgehead atoms. The molecule has 1 fully saturated rings. The average Bonchev–Trinajstić information content (AvgIpc) is 2.66. The Labute approximate surface area is 92.2 Å². The molecule has 0 aliphatic carbocycles. The Morgan fingerprint density at radius 1 is 1.27 bits per heavy atom. The highest BCUT2D eigenvalue weighted by atomic mass is 16.7. The van der Waals surface area contributed by atoms with Crippen LogP contribution in [0.25, 0.3) is 0 Å². The predicted molar refractivity (Wildman–Crippen MR) is 61.8 cm³/mol. The van der Waals surface area contributed by atoms with E-state index in [1.165, 1.54) is 5.56 Å². The maximum Gasteiger partial charge on any atom is 0.155 e. The van der Waals surface area contributed by atoms with E-state index in [0.717, 1.165) is 13.0 Å². The minimum atomic E-state index is 0.0277. The van der Waals surface area contributed by atoms with Gasteiger partial charge in [-0.2, -0.15) is 0 Å². The Hall–Kier alpha value is -0.860. The van der Waals surface area contributed by atoms with Crippen molar-refractivity contribution in [3.05, 3.63) is 35.9 Å². The molecule has 1 heterocycles. The minimum Gasteiger partial charge on any atom is -0.350 e. The molecule has 0 amide bonds. The SMILES string of the molecule is CCC1COC(C)O1.Cc1ccccc1. The fourth-order valence-corrected chi connectivity index (χ4v) is 1.34. The van der Waals surface area contributed by atoms with Crippen LogP contribution in [0, 0.1) is 6.92 Å². The quantitative estimate of drug-likeness (QED) is 0.706. The van der Waals surface area contributed by atoms with Gasteiger partial charge in [-0.15, -0.1) is 0 Å². The standard InChI is InChI=1S/C7H8.C6H12O2/c1-7-5-3-2-4-6-7;1-3-6-4-7-5(2)8-6/h2-6H,1H3;5-6H,3-4H2,1-2H3. The van der Waals surface area contributed by atoms with Gasteiger partial charge in [0.1, 0.15) is 0 Å². The van der Waals surface area contributed by atoms with Crippen LogP contribution in [0.1, 0.15) is 25.8 Å². The molecule has 1 aliphatic heterocycles. The van der Waals surface area contributed by atoms with Crippen molar-refractivity contribution in [3.63, 3.8) is 0 Å². The van der Waals surface area contributed by atoms with Gasteiger partial charge in [-0.05, 0) is 20.3 Å². The highest BCUT2D eigenvalue weighted by Gasteiger charge is 2.19. The van der Waals surface area contributed by atoms with Gasteiger partial charge in [-0.3, -0.25) is 0 Å². The zero-order chi connectivity index (χ0) is 11.1. The summed E-state index contributed by atoms with van der Waals surface area (Å²) in [5.74, 6) is 0. The molecule has 1 saturated heterocycles. The molecule has 0 N–H and O–H groups in total. The maximum atomic E-state index is 5.29. The molecule has 84 valence electrons. The molecule has 2 heteroatoms. The fourth-order valence-electron chi connectivity index (χ4n) is 1.34. The van der Waals surface area contributed by atoms with Crippen LogP contribution < -0.4 is 0 Å². The molecule has 0 saturated carbocycles. The highest BCUT2D eigenvalue weighted by Crippen LogP contribution is 2.12. The van der Waals surface area contributed by atoms with Crippen molar-refractivity contribution in [3.8, 4) is 0 Å². The van der Waals surface area contributed by atoms with Gasteiger partial charge in [0.25, 0.3) is 0 Å². The summed E-state index contributed by atoms with van der Waals surface area (Å²) in [6.07, 6.45) is 1.44. The van der Waals surface area contributed by atoms with Gasteiger partial charge >= 0.3 is 0 Å². The summed E-state index contributed by atoms with van der Waals surface area (Å²) in [5.41, 5.74) is 1.32. The van der Waals surface area contributed by atoms with Crippen molar-refractivity contribution < 1.29 is 9.47 Å². The lowest BCUT2D eigenvalue weighted by Gasteiger charge is -2.02. The summed E-state index contributed by atoms with van der Waals surface area (Å²) in [6.45, 7) is 6.89. The first-order valence-electron chi connectivity index (χ1n) is 5.51. The van der Waals surface area contributed by atoms with Crippen LogP contribution in [0.3, 0.4) is 0 Å². The maximum absolute atomic E-state index is 5.29. The van der Waals surface area contributed by atoms with Crippen LogP contribution in [0.5, 0.6) is 0 Å². The Bertz CT molecular complexity index is 258. The second-order valence-electron chi connectivity index (χ2n) is 3.72. The monoisotopic (exact) mass is 208 g/mol. The summed E-state index contributed by atoms with van der Waals surface area (Å²) >= 11 is 0. The van der Waals surface area contributed by atoms with E-state index in [0.29, 0.717) is 6.10 Å². The van der Waals surface area contributed by atoms with Crippen molar-refractivity contribution in [1.82, 2.24) is 0 Å². The van der Waals surface area contributed by atoms with Gasteiger partial charge in [0.2, 0.25) is 0 Å². The number of benzene rings is 1. The second-order valence-corrected chi connectivity index (χ2v) is 3.72. The van der Waals surface area contributed by atoms with E-state index in [1.807, 2.05) is 25.1 Å². The highest BCUT2D eigenvalue weighted by molar-refractivity contribution is 5.11. The summed E-state index contributed by atoms with van der Waals surface area (Å²) in [5, 5.41) is 0. The first kappa shape index (κ1) is 12.2. The zero-order valence-corrected chi connectivity index (χ0v) is 9.77.